The Kier molecular flexibility index (Phi) is 5.71. The highest BCUT2D eigenvalue weighted by Gasteiger charge is 2.33. The van der Waals surface area contributed by atoms with Crippen LogP contribution in [-0.4, -0.2) is 36.0 Å². The topological polar surface area (TPSA) is 48.0 Å². The molecule has 1 saturated heterocycles. The van der Waals surface area contributed by atoms with Crippen molar-refractivity contribution in [2.45, 2.75) is 64.6 Å². The van der Waals surface area contributed by atoms with Crippen molar-refractivity contribution in [2.75, 3.05) is 13.2 Å². The van der Waals surface area contributed by atoms with Gasteiger partial charge >= 0.3 is 6.09 Å². The van der Waals surface area contributed by atoms with Gasteiger partial charge < -0.3 is 19.1 Å². The molecule has 0 spiro atoms. The first-order chi connectivity index (χ1) is 11.8. The maximum absolute atomic E-state index is 12.5. The van der Waals surface area contributed by atoms with Crippen LogP contribution in [0.15, 0.2) is 22.7 Å². The second kappa shape index (κ2) is 7.64. The van der Waals surface area contributed by atoms with Crippen LogP contribution in [0.3, 0.4) is 0 Å². The summed E-state index contributed by atoms with van der Waals surface area (Å²) in [5.74, 6) is 0. The summed E-state index contributed by atoms with van der Waals surface area (Å²) in [4.78, 5) is 14.3. The number of fused-ring (bicyclic) bond motifs is 1. The zero-order valence-electron chi connectivity index (χ0n) is 15.1. The van der Waals surface area contributed by atoms with E-state index >= 15 is 0 Å². The van der Waals surface area contributed by atoms with Crippen LogP contribution in [0, 0.1) is 0 Å². The lowest BCUT2D eigenvalue weighted by molar-refractivity contribution is -0.194. The molecule has 2 aliphatic heterocycles. The summed E-state index contributed by atoms with van der Waals surface area (Å²) in [6.45, 7) is 7.37. The third kappa shape index (κ3) is 4.96. The van der Waals surface area contributed by atoms with E-state index in [2.05, 4.69) is 22.0 Å². The molecule has 1 aromatic carbocycles. The molecule has 3 rings (SSSR count). The smallest absolute Gasteiger partial charge is 0.410 e. The van der Waals surface area contributed by atoms with Crippen LogP contribution >= 0.6 is 15.9 Å². The maximum atomic E-state index is 12.5. The molecule has 0 N–H and O–H groups in total. The summed E-state index contributed by atoms with van der Waals surface area (Å²) < 4.78 is 18.5. The molecule has 2 heterocycles. The van der Waals surface area contributed by atoms with E-state index < -0.39 is 5.60 Å². The summed E-state index contributed by atoms with van der Waals surface area (Å²) in [7, 11) is 0. The zero-order chi connectivity index (χ0) is 18.0. The predicted molar refractivity (Wildman–Crippen MR) is 98.2 cm³/mol. The molecule has 0 aromatic heterocycles. The fourth-order valence-electron chi connectivity index (χ4n) is 3.16. The highest BCUT2D eigenvalue weighted by atomic mass is 79.9. The van der Waals surface area contributed by atoms with Gasteiger partial charge in [0.05, 0.1) is 6.54 Å². The van der Waals surface area contributed by atoms with Gasteiger partial charge in [-0.25, -0.2) is 4.79 Å². The molecular weight excluding hydrogens is 386 g/mol. The second-order valence-corrected chi connectivity index (χ2v) is 8.54. The number of halogens is 1. The minimum atomic E-state index is -0.514. The predicted octanol–water partition coefficient (Wildman–Crippen LogP) is 4.78. The lowest BCUT2D eigenvalue weighted by atomic mass is 9.97. The van der Waals surface area contributed by atoms with Crippen LogP contribution in [0.5, 0.6) is 0 Å². The van der Waals surface area contributed by atoms with Crippen LogP contribution in [-0.2, 0) is 20.8 Å². The SMILES string of the molecule is CC(C)(C)OC(=O)N1Cc2ccc(Br)cc2C(OC2CCCCO2)C1. The molecule has 2 aliphatic rings. The fourth-order valence-corrected chi connectivity index (χ4v) is 3.54. The quantitative estimate of drug-likeness (QED) is 0.701. The minimum absolute atomic E-state index is 0.204. The highest BCUT2D eigenvalue weighted by molar-refractivity contribution is 9.10. The first-order valence-electron chi connectivity index (χ1n) is 8.85. The van der Waals surface area contributed by atoms with Crippen molar-refractivity contribution < 1.29 is 19.0 Å². The molecule has 2 unspecified atom stereocenters. The molecule has 1 fully saturated rings. The molecule has 138 valence electrons. The number of carbonyl (C=O) groups is 1. The Hall–Kier alpha value is -1.11. The lowest BCUT2D eigenvalue weighted by Gasteiger charge is -2.37. The largest absolute Gasteiger partial charge is 0.444 e. The first-order valence-corrected chi connectivity index (χ1v) is 9.64. The molecule has 5 nitrogen and oxygen atoms in total. The van der Waals surface area contributed by atoms with Gasteiger partial charge in [0.15, 0.2) is 6.29 Å². The van der Waals surface area contributed by atoms with E-state index in [4.69, 9.17) is 14.2 Å². The molecule has 0 aliphatic carbocycles. The van der Waals surface area contributed by atoms with Crippen LogP contribution < -0.4 is 0 Å². The number of carbonyl (C=O) groups excluding carboxylic acids is 1. The van der Waals surface area contributed by atoms with Gasteiger partial charge in [0.2, 0.25) is 0 Å². The number of rotatable bonds is 2. The lowest BCUT2D eigenvalue weighted by Crippen LogP contribution is -2.43. The van der Waals surface area contributed by atoms with Gasteiger partial charge in [-0.2, -0.15) is 0 Å². The van der Waals surface area contributed by atoms with Gasteiger partial charge in [-0.15, -0.1) is 0 Å². The third-order valence-electron chi connectivity index (χ3n) is 4.31. The molecule has 1 amide bonds. The van der Waals surface area contributed by atoms with Crippen molar-refractivity contribution in [3.63, 3.8) is 0 Å². The summed E-state index contributed by atoms with van der Waals surface area (Å²) in [6.07, 6.45) is 2.36. The van der Waals surface area contributed by atoms with E-state index in [1.165, 1.54) is 0 Å². The molecule has 25 heavy (non-hydrogen) atoms. The summed E-state index contributed by atoms with van der Waals surface area (Å²) >= 11 is 3.53. The first kappa shape index (κ1) is 18.7. The van der Waals surface area contributed by atoms with E-state index in [1.54, 1.807) is 4.90 Å². The Labute approximate surface area is 157 Å². The number of nitrogens with zero attached hydrogens (tertiary/aromatic N) is 1. The number of hydrogen-bond donors (Lipinski definition) is 0. The van der Waals surface area contributed by atoms with Gasteiger partial charge in [0.1, 0.15) is 11.7 Å². The van der Waals surface area contributed by atoms with Gasteiger partial charge in [0.25, 0.3) is 0 Å². The Morgan fingerprint density at radius 2 is 2.12 bits per heavy atom. The zero-order valence-corrected chi connectivity index (χ0v) is 16.7. The highest BCUT2D eigenvalue weighted by Crippen LogP contribution is 2.34. The fraction of sp³-hybridized carbons (Fsp3) is 0.632. The van der Waals surface area contributed by atoms with Crippen molar-refractivity contribution in [1.29, 1.82) is 0 Å². The molecule has 2 atom stereocenters. The summed E-state index contributed by atoms with van der Waals surface area (Å²) in [5, 5.41) is 0. The molecule has 6 heteroatoms. The molecule has 0 saturated carbocycles. The van der Waals surface area contributed by atoms with Gasteiger partial charge in [0, 0.05) is 17.6 Å². The van der Waals surface area contributed by atoms with Gasteiger partial charge in [-0.3, -0.25) is 0 Å². The minimum Gasteiger partial charge on any atom is -0.444 e. The number of ether oxygens (including phenoxy) is 3. The number of benzene rings is 1. The summed E-state index contributed by atoms with van der Waals surface area (Å²) in [5.41, 5.74) is 1.68. The maximum Gasteiger partial charge on any atom is 0.410 e. The van der Waals surface area contributed by atoms with Crippen LogP contribution in [0.1, 0.15) is 57.3 Å². The average Bonchev–Trinajstić information content (AvgIpc) is 2.54. The van der Waals surface area contributed by atoms with Crippen molar-refractivity contribution in [2.24, 2.45) is 0 Å². The Morgan fingerprint density at radius 1 is 1.32 bits per heavy atom. The van der Waals surface area contributed by atoms with Crippen LogP contribution in [0.2, 0.25) is 0 Å². The van der Waals surface area contributed by atoms with Crippen molar-refractivity contribution in [3.05, 3.63) is 33.8 Å². The Balaban J connectivity index is 1.79. The van der Waals surface area contributed by atoms with E-state index in [-0.39, 0.29) is 18.5 Å². The van der Waals surface area contributed by atoms with E-state index in [1.807, 2.05) is 32.9 Å². The van der Waals surface area contributed by atoms with E-state index in [9.17, 15) is 4.79 Å². The molecule has 0 bridgehead atoms. The molecular formula is C19H26BrNO4. The van der Waals surface area contributed by atoms with Crippen molar-refractivity contribution in [3.8, 4) is 0 Å². The standard InChI is InChI=1S/C19H26BrNO4/c1-19(2,3)25-18(22)21-11-13-7-8-14(20)10-15(13)16(12-21)24-17-6-4-5-9-23-17/h7-8,10,16-17H,4-6,9,11-12H2,1-3H3. The Morgan fingerprint density at radius 3 is 2.80 bits per heavy atom. The average molecular weight is 412 g/mol. The normalized spacial score (nSPS) is 23.9. The molecule has 0 radical (unpaired) electrons. The number of amides is 1. The van der Waals surface area contributed by atoms with Crippen molar-refractivity contribution >= 4 is 22.0 Å². The Bertz CT molecular complexity index is 622. The van der Waals surface area contributed by atoms with Crippen LogP contribution in [0.4, 0.5) is 4.79 Å². The van der Waals surface area contributed by atoms with Gasteiger partial charge in [-0.1, -0.05) is 22.0 Å². The monoisotopic (exact) mass is 411 g/mol. The second-order valence-electron chi connectivity index (χ2n) is 7.62. The molecule has 1 aromatic rings. The van der Waals surface area contributed by atoms with Crippen LogP contribution in [0.25, 0.3) is 0 Å². The third-order valence-corrected chi connectivity index (χ3v) is 4.80. The summed E-state index contributed by atoms with van der Waals surface area (Å²) in [6, 6.07) is 6.11. The van der Waals surface area contributed by atoms with E-state index in [0.29, 0.717) is 13.1 Å². The van der Waals surface area contributed by atoms with Gasteiger partial charge in [-0.05, 0) is 63.3 Å². The van der Waals surface area contributed by atoms with Crippen molar-refractivity contribution in [1.82, 2.24) is 4.90 Å². The number of hydrogen-bond acceptors (Lipinski definition) is 4. The van der Waals surface area contributed by atoms with E-state index in [0.717, 1.165) is 41.5 Å².